The molecule has 2 aromatic carbocycles. The highest BCUT2D eigenvalue weighted by molar-refractivity contribution is 7.91. The molecule has 0 N–H and O–H groups in total. The van der Waals surface area contributed by atoms with Crippen LogP contribution in [0.3, 0.4) is 0 Å². The smallest absolute Gasteiger partial charge is 0.178 e. The number of sulfone groups is 1. The topological polar surface area (TPSA) is 55.7 Å². The summed E-state index contributed by atoms with van der Waals surface area (Å²) in [5.74, 6) is 0.0106. The fourth-order valence-corrected chi connectivity index (χ4v) is 3.37. The first kappa shape index (κ1) is 17.5. The van der Waals surface area contributed by atoms with E-state index in [1.54, 1.807) is 49.4 Å². The molecule has 0 bridgehead atoms. The van der Waals surface area contributed by atoms with E-state index in [-0.39, 0.29) is 5.75 Å². The average molecular weight is 352 g/mol. The average Bonchev–Trinajstić information content (AvgIpc) is 2.56. The Bertz CT molecular complexity index is 756. The first-order chi connectivity index (χ1) is 11.0. The van der Waals surface area contributed by atoms with E-state index in [0.717, 1.165) is 5.56 Å². The van der Waals surface area contributed by atoms with Crippen LogP contribution in [0.4, 0.5) is 0 Å². The second-order valence-electron chi connectivity index (χ2n) is 5.11. The Balaban J connectivity index is 1.84. The first-order valence-corrected chi connectivity index (χ1v) is 9.18. The minimum Gasteiger partial charge on any atom is -0.391 e. The van der Waals surface area contributed by atoms with Gasteiger partial charge in [-0.2, -0.15) is 0 Å². The molecule has 0 amide bonds. The normalized spacial score (nSPS) is 12.2. The van der Waals surface area contributed by atoms with Crippen molar-refractivity contribution in [3.8, 4) is 0 Å². The first-order valence-electron chi connectivity index (χ1n) is 7.15. The van der Waals surface area contributed by atoms with E-state index in [0.29, 0.717) is 28.7 Å². The molecule has 0 saturated heterocycles. The van der Waals surface area contributed by atoms with E-state index in [9.17, 15) is 8.42 Å². The van der Waals surface area contributed by atoms with E-state index >= 15 is 0 Å². The van der Waals surface area contributed by atoms with Crippen LogP contribution in [-0.2, 0) is 21.3 Å². The highest BCUT2D eigenvalue weighted by Gasteiger charge is 2.14. The third kappa shape index (κ3) is 5.69. The summed E-state index contributed by atoms with van der Waals surface area (Å²) in [4.78, 5) is 5.57. The Morgan fingerprint density at radius 1 is 1.09 bits per heavy atom. The second-order valence-corrected chi connectivity index (χ2v) is 7.65. The van der Waals surface area contributed by atoms with Gasteiger partial charge in [-0.25, -0.2) is 8.42 Å². The molecule has 0 heterocycles. The van der Waals surface area contributed by atoms with Crippen molar-refractivity contribution in [1.29, 1.82) is 0 Å². The van der Waals surface area contributed by atoms with Gasteiger partial charge in [0.15, 0.2) is 9.84 Å². The van der Waals surface area contributed by atoms with Gasteiger partial charge in [-0.3, -0.25) is 0 Å². The van der Waals surface area contributed by atoms with Crippen LogP contribution in [-0.4, -0.2) is 19.9 Å². The quantitative estimate of drug-likeness (QED) is 0.557. The van der Waals surface area contributed by atoms with Gasteiger partial charge in [0, 0.05) is 11.4 Å². The Labute approximate surface area is 141 Å². The zero-order valence-electron chi connectivity index (χ0n) is 12.8. The standard InChI is InChI=1S/C17H18ClNO3S/c1-14(19-22-13-15-7-9-16(18)10-8-15)11-12-23(20,21)17-5-3-2-4-6-17/h2-10H,11-13H2,1H3/b19-14+. The Hall–Kier alpha value is -1.85. The maximum absolute atomic E-state index is 12.2. The second kappa shape index (κ2) is 8.13. The molecule has 0 radical (unpaired) electrons. The third-order valence-corrected chi connectivity index (χ3v) is 5.18. The van der Waals surface area contributed by atoms with Crippen LogP contribution >= 0.6 is 11.6 Å². The molecule has 0 spiro atoms. The van der Waals surface area contributed by atoms with Gasteiger partial charge in [0.25, 0.3) is 0 Å². The molecule has 2 rings (SSSR count). The van der Waals surface area contributed by atoms with E-state index in [2.05, 4.69) is 5.16 Å². The van der Waals surface area contributed by atoms with E-state index in [1.165, 1.54) is 0 Å². The number of hydrogen-bond donors (Lipinski definition) is 0. The Morgan fingerprint density at radius 3 is 2.39 bits per heavy atom. The van der Waals surface area contributed by atoms with Crippen molar-refractivity contribution in [2.24, 2.45) is 5.16 Å². The van der Waals surface area contributed by atoms with Gasteiger partial charge in [-0.05, 0) is 36.8 Å². The molecule has 6 heteroatoms. The molecule has 4 nitrogen and oxygen atoms in total. The van der Waals surface area contributed by atoms with Crippen molar-refractivity contribution in [2.45, 2.75) is 24.8 Å². The number of nitrogens with zero attached hydrogens (tertiary/aromatic N) is 1. The maximum Gasteiger partial charge on any atom is 0.178 e. The summed E-state index contributed by atoms with van der Waals surface area (Å²) in [6.45, 7) is 2.07. The minimum absolute atomic E-state index is 0.0106. The fraction of sp³-hybridized carbons (Fsp3) is 0.235. The summed E-state index contributed by atoms with van der Waals surface area (Å²) >= 11 is 5.81. The highest BCUT2D eigenvalue weighted by Crippen LogP contribution is 2.12. The summed E-state index contributed by atoms with van der Waals surface area (Å²) < 4.78 is 24.3. The minimum atomic E-state index is -3.29. The van der Waals surface area contributed by atoms with E-state index in [1.807, 2.05) is 12.1 Å². The monoisotopic (exact) mass is 351 g/mol. The van der Waals surface area contributed by atoms with Gasteiger partial charge in [-0.15, -0.1) is 0 Å². The summed E-state index contributed by atoms with van der Waals surface area (Å²) in [6.07, 6.45) is 0.331. The Morgan fingerprint density at radius 2 is 1.74 bits per heavy atom. The van der Waals surface area contributed by atoms with Gasteiger partial charge in [0.2, 0.25) is 0 Å². The predicted octanol–water partition coefficient (Wildman–Crippen LogP) is 4.10. The fourth-order valence-electron chi connectivity index (χ4n) is 1.87. The van der Waals surface area contributed by atoms with Crippen molar-refractivity contribution in [1.82, 2.24) is 0 Å². The highest BCUT2D eigenvalue weighted by atomic mass is 35.5. The number of rotatable bonds is 7. The molecule has 0 aliphatic rings. The SMILES string of the molecule is C/C(CCS(=O)(=O)c1ccccc1)=N\OCc1ccc(Cl)cc1. The van der Waals surface area contributed by atoms with Crippen molar-refractivity contribution in [3.63, 3.8) is 0 Å². The molecular formula is C17H18ClNO3S. The van der Waals surface area contributed by atoms with Crippen molar-refractivity contribution >= 4 is 27.1 Å². The number of oxime groups is 1. The molecule has 0 aliphatic heterocycles. The van der Waals surface area contributed by atoms with E-state index < -0.39 is 9.84 Å². The molecule has 0 aliphatic carbocycles. The zero-order chi connectivity index (χ0) is 16.7. The van der Waals surface area contributed by atoms with Gasteiger partial charge < -0.3 is 4.84 Å². The van der Waals surface area contributed by atoms with Gasteiger partial charge in [-0.1, -0.05) is 47.1 Å². The molecule has 2 aromatic rings. The molecule has 122 valence electrons. The Kier molecular flexibility index (Phi) is 6.19. The zero-order valence-corrected chi connectivity index (χ0v) is 14.3. The van der Waals surface area contributed by atoms with Crippen LogP contribution in [0, 0.1) is 0 Å². The molecule has 0 aromatic heterocycles. The summed E-state index contributed by atoms with van der Waals surface area (Å²) in [5.41, 5.74) is 1.58. The lowest BCUT2D eigenvalue weighted by atomic mass is 10.2. The maximum atomic E-state index is 12.2. The number of benzene rings is 2. The molecule has 0 saturated carbocycles. The molecular weight excluding hydrogens is 334 g/mol. The van der Waals surface area contributed by atoms with Gasteiger partial charge >= 0.3 is 0 Å². The number of hydrogen-bond acceptors (Lipinski definition) is 4. The summed E-state index contributed by atoms with van der Waals surface area (Å²) in [6, 6.07) is 15.7. The van der Waals surface area contributed by atoms with E-state index in [4.69, 9.17) is 16.4 Å². The molecule has 0 fully saturated rings. The van der Waals surface area contributed by atoms with Crippen LogP contribution in [0.1, 0.15) is 18.9 Å². The van der Waals surface area contributed by atoms with Crippen LogP contribution in [0.25, 0.3) is 0 Å². The van der Waals surface area contributed by atoms with Crippen LogP contribution in [0.15, 0.2) is 64.6 Å². The molecule has 0 atom stereocenters. The van der Waals surface area contributed by atoms with Crippen molar-refractivity contribution < 1.29 is 13.3 Å². The van der Waals surface area contributed by atoms with Crippen molar-refractivity contribution in [2.75, 3.05) is 5.75 Å². The predicted molar refractivity (Wildman–Crippen MR) is 92.5 cm³/mol. The molecule has 0 unspecified atom stereocenters. The van der Waals surface area contributed by atoms with Crippen LogP contribution in [0.2, 0.25) is 5.02 Å². The third-order valence-electron chi connectivity index (χ3n) is 3.20. The van der Waals surface area contributed by atoms with Crippen molar-refractivity contribution in [3.05, 3.63) is 65.2 Å². The van der Waals surface area contributed by atoms with Gasteiger partial charge in [0.1, 0.15) is 6.61 Å². The van der Waals surface area contributed by atoms with Crippen LogP contribution < -0.4 is 0 Å². The summed E-state index contributed by atoms with van der Waals surface area (Å²) in [7, 11) is -3.29. The van der Waals surface area contributed by atoms with Crippen LogP contribution in [0.5, 0.6) is 0 Å². The molecule has 23 heavy (non-hydrogen) atoms. The van der Waals surface area contributed by atoms with Gasteiger partial charge in [0.05, 0.1) is 16.4 Å². The largest absolute Gasteiger partial charge is 0.391 e. The lowest BCUT2D eigenvalue weighted by Gasteiger charge is -2.05. The lowest BCUT2D eigenvalue weighted by molar-refractivity contribution is 0.130. The lowest BCUT2D eigenvalue weighted by Crippen LogP contribution is -2.10. The summed E-state index contributed by atoms with van der Waals surface area (Å²) in [5, 5.41) is 4.62. The number of halogens is 1.